The zero-order valence-electron chi connectivity index (χ0n) is 24.1. The maximum Gasteiger partial charge on any atom is 0.156 e. The van der Waals surface area contributed by atoms with Gasteiger partial charge in [-0.25, -0.2) is 0 Å². The van der Waals surface area contributed by atoms with Gasteiger partial charge in [0.1, 0.15) is 5.60 Å². The molecule has 202 valence electrons. The van der Waals surface area contributed by atoms with Gasteiger partial charge in [0.2, 0.25) is 0 Å². The SMILES string of the molecule is Cc1ccncc1-c1ccc([C@H]2C[C@@]3(C)[C@@H](CC[C@@]3(O)C#CC(C)(C)C)[C@@H]3CCC4=CC(=O)CCC4=C32)cc1. The Hall–Kier alpha value is -2.96. The smallest absolute Gasteiger partial charge is 0.156 e. The fourth-order valence-electron chi connectivity index (χ4n) is 8.12. The van der Waals surface area contributed by atoms with E-state index in [2.05, 4.69) is 81.8 Å². The molecule has 0 unspecified atom stereocenters. The molecule has 0 spiro atoms. The molecule has 0 aliphatic heterocycles. The second kappa shape index (κ2) is 9.31. The first kappa shape index (κ1) is 26.3. The summed E-state index contributed by atoms with van der Waals surface area (Å²) in [4.78, 5) is 16.7. The van der Waals surface area contributed by atoms with Crippen molar-refractivity contribution < 1.29 is 9.90 Å². The summed E-state index contributed by atoms with van der Waals surface area (Å²) >= 11 is 0. The van der Waals surface area contributed by atoms with Gasteiger partial charge in [0, 0.05) is 41.1 Å². The molecule has 2 fully saturated rings. The van der Waals surface area contributed by atoms with Crippen molar-refractivity contribution in [1.29, 1.82) is 0 Å². The molecule has 2 aromatic rings. The lowest BCUT2D eigenvalue weighted by molar-refractivity contribution is -0.114. The van der Waals surface area contributed by atoms with Crippen LogP contribution in [0.15, 0.2) is 65.5 Å². The van der Waals surface area contributed by atoms with Crippen LogP contribution >= 0.6 is 0 Å². The summed E-state index contributed by atoms with van der Waals surface area (Å²) in [5, 5.41) is 12.2. The Morgan fingerprint density at radius 3 is 2.54 bits per heavy atom. The molecule has 1 aromatic carbocycles. The van der Waals surface area contributed by atoms with E-state index in [1.807, 2.05) is 18.5 Å². The van der Waals surface area contributed by atoms with Crippen molar-refractivity contribution in [3.8, 4) is 23.0 Å². The monoisotopic (exact) mass is 519 g/mol. The number of aryl methyl sites for hydroxylation is 1. The summed E-state index contributed by atoms with van der Waals surface area (Å²) in [5.41, 5.74) is 7.73. The van der Waals surface area contributed by atoms with E-state index in [0.717, 1.165) is 44.1 Å². The van der Waals surface area contributed by atoms with Crippen LogP contribution in [-0.2, 0) is 4.79 Å². The first-order chi connectivity index (χ1) is 18.5. The molecule has 4 aliphatic carbocycles. The third kappa shape index (κ3) is 4.42. The molecule has 39 heavy (non-hydrogen) atoms. The Kier molecular flexibility index (Phi) is 6.27. The quantitative estimate of drug-likeness (QED) is 0.413. The molecule has 0 amide bonds. The predicted octanol–water partition coefficient (Wildman–Crippen LogP) is 7.74. The van der Waals surface area contributed by atoms with Gasteiger partial charge in [0.25, 0.3) is 0 Å². The number of fused-ring (bicyclic) bond motifs is 4. The lowest BCUT2D eigenvalue weighted by Crippen LogP contribution is -2.51. The molecule has 0 bridgehead atoms. The summed E-state index contributed by atoms with van der Waals surface area (Å²) in [6, 6.07) is 11.1. The number of pyridine rings is 1. The van der Waals surface area contributed by atoms with E-state index < -0.39 is 5.60 Å². The molecule has 5 atom stereocenters. The minimum absolute atomic E-state index is 0.148. The van der Waals surface area contributed by atoms with Crippen molar-refractivity contribution >= 4 is 5.78 Å². The molecular weight excluding hydrogens is 478 g/mol. The van der Waals surface area contributed by atoms with Crippen molar-refractivity contribution in [1.82, 2.24) is 4.98 Å². The van der Waals surface area contributed by atoms with Crippen LogP contribution in [0, 0.1) is 41.4 Å². The first-order valence-electron chi connectivity index (χ1n) is 14.7. The number of carbonyl (C=O) groups excluding carboxylic acids is 1. The number of nitrogens with zero attached hydrogens (tertiary/aromatic N) is 1. The van der Waals surface area contributed by atoms with Gasteiger partial charge < -0.3 is 5.11 Å². The van der Waals surface area contributed by atoms with Crippen molar-refractivity contribution in [2.24, 2.45) is 22.7 Å². The number of carbonyl (C=O) groups is 1. The number of benzene rings is 1. The Labute approximate surface area is 233 Å². The summed E-state index contributed by atoms with van der Waals surface area (Å²) in [5.74, 6) is 8.16. The molecule has 1 N–H and O–H groups in total. The molecular formula is C36H41NO2. The summed E-state index contributed by atoms with van der Waals surface area (Å²) in [7, 11) is 0. The van der Waals surface area contributed by atoms with Crippen LogP contribution < -0.4 is 0 Å². The zero-order valence-corrected chi connectivity index (χ0v) is 24.1. The predicted molar refractivity (Wildman–Crippen MR) is 157 cm³/mol. The van der Waals surface area contributed by atoms with Crippen molar-refractivity contribution in [3.63, 3.8) is 0 Å². The van der Waals surface area contributed by atoms with Gasteiger partial charge in [-0.2, -0.15) is 0 Å². The number of aliphatic hydroxyl groups is 1. The molecule has 6 rings (SSSR count). The number of allylic oxidation sites excluding steroid dienone is 4. The van der Waals surface area contributed by atoms with Gasteiger partial charge in [0.15, 0.2) is 5.78 Å². The molecule has 0 radical (unpaired) electrons. The van der Waals surface area contributed by atoms with Crippen molar-refractivity contribution in [3.05, 3.63) is 76.6 Å². The lowest BCUT2D eigenvalue weighted by atomic mass is 9.51. The number of rotatable bonds is 2. The van der Waals surface area contributed by atoms with E-state index in [4.69, 9.17) is 0 Å². The third-order valence-corrected chi connectivity index (χ3v) is 10.2. The van der Waals surface area contributed by atoms with E-state index in [0.29, 0.717) is 18.3 Å². The number of hydrogen-bond acceptors (Lipinski definition) is 3. The summed E-state index contributed by atoms with van der Waals surface area (Å²) in [6.45, 7) is 10.8. The number of ketones is 1. The largest absolute Gasteiger partial charge is 0.377 e. The van der Waals surface area contributed by atoms with Crippen LogP contribution in [-0.4, -0.2) is 21.5 Å². The Bertz CT molecular complexity index is 1440. The van der Waals surface area contributed by atoms with Crippen molar-refractivity contribution in [2.75, 3.05) is 0 Å². The Morgan fingerprint density at radius 1 is 1.05 bits per heavy atom. The highest BCUT2D eigenvalue weighted by molar-refractivity contribution is 5.93. The highest BCUT2D eigenvalue weighted by Gasteiger charge is 2.62. The van der Waals surface area contributed by atoms with Crippen LogP contribution in [0.25, 0.3) is 11.1 Å². The average molecular weight is 520 g/mol. The van der Waals surface area contributed by atoms with E-state index in [1.165, 1.54) is 27.8 Å². The molecule has 4 aliphatic rings. The van der Waals surface area contributed by atoms with Crippen LogP contribution in [0.4, 0.5) is 0 Å². The fraction of sp³-hybridized carbons (Fsp3) is 0.500. The van der Waals surface area contributed by atoms with E-state index in [1.54, 1.807) is 5.57 Å². The topological polar surface area (TPSA) is 50.2 Å². The third-order valence-electron chi connectivity index (χ3n) is 10.2. The zero-order chi connectivity index (χ0) is 27.6. The van der Waals surface area contributed by atoms with Gasteiger partial charge in [0.05, 0.1) is 0 Å². The second-order valence-electron chi connectivity index (χ2n) is 13.7. The maximum absolute atomic E-state index is 12.3. The molecule has 3 heteroatoms. The summed E-state index contributed by atoms with van der Waals surface area (Å²) < 4.78 is 0. The second-order valence-corrected chi connectivity index (χ2v) is 13.7. The number of aromatic nitrogens is 1. The van der Waals surface area contributed by atoms with Gasteiger partial charge >= 0.3 is 0 Å². The highest BCUT2D eigenvalue weighted by Crippen LogP contribution is 2.66. The summed E-state index contributed by atoms with van der Waals surface area (Å²) in [6.07, 6.45) is 11.9. The van der Waals surface area contributed by atoms with Crippen LogP contribution in [0.3, 0.4) is 0 Å². The van der Waals surface area contributed by atoms with Gasteiger partial charge in [-0.1, -0.05) is 48.6 Å². The number of hydrogen-bond donors (Lipinski definition) is 1. The van der Waals surface area contributed by atoms with Crippen LogP contribution in [0.2, 0.25) is 0 Å². The van der Waals surface area contributed by atoms with E-state index >= 15 is 0 Å². The molecule has 2 saturated carbocycles. The van der Waals surface area contributed by atoms with Gasteiger partial charge in [-0.15, -0.1) is 0 Å². The minimum Gasteiger partial charge on any atom is -0.377 e. The highest BCUT2D eigenvalue weighted by atomic mass is 16.3. The average Bonchev–Trinajstić information content (AvgIpc) is 3.17. The van der Waals surface area contributed by atoms with E-state index in [9.17, 15) is 9.90 Å². The van der Waals surface area contributed by atoms with Crippen molar-refractivity contribution in [2.45, 2.75) is 91.1 Å². The van der Waals surface area contributed by atoms with Gasteiger partial charge in [-0.05, 0) is 118 Å². The standard InChI is InChI=1S/C36H41NO2/c1-23-15-19-37-22-31(23)25-8-6-24(7-9-25)30-21-35(5)32(14-16-36(35,39)18-17-34(2,3)4)29-12-10-26-20-27(38)11-13-28(26)33(29)30/h6-9,15,19-20,22,29-30,32,39H,10-14,16,21H2,1-5H3/t29-,30+,32-,35-,36+/m0/s1. The normalized spacial score (nSPS) is 32.0. The maximum atomic E-state index is 12.3. The fourth-order valence-corrected chi connectivity index (χ4v) is 8.12. The molecule has 3 nitrogen and oxygen atoms in total. The molecule has 1 heterocycles. The Morgan fingerprint density at radius 2 is 1.82 bits per heavy atom. The molecule has 1 aromatic heterocycles. The molecule has 0 saturated heterocycles. The Balaban J connectivity index is 1.47. The van der Waals surface area contributed by atoms with E-state index in [-0.39, 0.29) is 22.5 Å². The first-order valence-corrected chi connectivity index (χ1v) is 14.7. The van der Waals surface area contributed by atoms with Crippen LogP contribution in [0.5, 0.6) is 0 Å². The minimum atomic E-state index is -0.981. The lowest BCUT2D eigenvalue weighted by Gasteiger charge is -2.53. The van der Waals surface area contributed by atoms with Gasteiger partial charge in [-0.3, -0.25) is 9.78 Å². The van der Waals surface area contributed by atoms with Crippen LogP contribution in [0.1, 0.15) is 89.7 Å².